The Hall–Kier alpha value is -1.51. The van der Waals surface area contributed by atoms with Crippen LogP contribution in [-0.4, -0.2) is 19.0 Å². The van der Waals surface area contributed by atoms with Crippen LogP contribution in [0.1, 0.15) is 33.3 Å². The van der Waals surface area contributed by atoms with E-state index < -0.39 is 5.41 Å². The summed E-state index contributed by atoms with van der Waals surface area (Å²) in [6.07, 6.45) is 0. The Kier molecular flexibility index (Phi) is 2.64. The van der Waals surface area contributed by atoms with Crippen molar-refractivity contribution in [3.8, 4) is 0 Å². The van der Waals surface area contributed by atoms with E-state index in [9.17, 15) is 4.79 Å². The van der Waals surface area contributed by atoms with Crippen LogP contribution in [0.3, 0.4) is 0 Å². The lowest BCUT2D eigenvalue weighted by Gasteiger charge is -2.17. The molecule has 0 unspecified atom stereocenters. The van der Waals surface area contributed by atoms with Crippen LogP contribution in [0.15, 0.2) is 18.2 Å². The van der Waals surface area contributed by atoms with Crippen molar-refractivity contribution in [3.05, 3.63) is 23.8 Å². The Balaban J connectivity index is 2.47. The van der Waals surface area contributed by atoms with Crippen molar-refractivity contribution in [2.24, 2.45) is 0 Å². The van der Waals surface area contributed by atoms with E-state index in [1.54, 1.807) is 4.90 Å². The minimum Gasteiger partial charge on any atom is -0.383 e. The molecule has 0 fully saturated rings. The number of benzene rings is 1. The zero-order chi connectivity index (χ0) is 12.8. The first-order valence-electron chi connectivity index (χ1n) is 6.03. The van der Waals surface area contributed by atoms with Crippen LogP contribution in [0.4, 0.5) is 11.4 Å². The number of anilines is 2. The summed E-state index contributed by atoms with van der Waals surface area (Å²) in [5.74, 6) is 0.161. The summed E-state index contributed by atoms with van der Waals surface area (Å²) in [6.45, 7) is 8.18. The predicted molar refractivity (Wildman–Crippen MR) is 71.6 cm³/mol. The molecule has 1 aromatic carbocycles. The molecule has 3 nitrogen and oxygen atoms in total. The smallest absolute Gasteiger partial charge is 0.236 e. The molecule has 0 aromatic heterocycles. The van der Waals surface area contributed by atoms with Crippen LogP contribution in [0, 0.1) is 0 Å². The molecule has 1 heterocycles. The molecule has 0 bridgehead atoms. The molecular weight excluding hydrogens is 212 g/mol. The van der Waals surface area contributed by atoms with Gasteiger partial charge in [0.2, 0.25) is 5.91 Å². The first-order valence-corrected chi connectivity index (χ1v) is 6.03. The van der Waals surface area contributed by atoms with Crippen LogP contribution >= 0.6 is 0 Å². The Labute approximate surface area is 103 Å². The fraction of sp³-hybridized carbons (Fsp3) is 0.500. The zero-order valence-electron chi connectivity index (χ0n) is 11.2. The maximum atomic E-state index is 12.1. The number of carbonyl (C=O) groups is 1. The van der Waals surface area contributed by atoms with Gasteiger partial charge in [0.05, 0.1) is 5.41 Å². The van der Waals surface area contributed by atoms with Gasteiger partial charge in [-0.05, 0) is 51.5 Å². The van der Waals surface area contributed by atoms with Gasteiger partial charge >= 0.3 is 0 Å². The lowest BCUT2D eigenvalue weighted by Crippen LogP contribution is -2.33. The number of hydrogen-bond acceptors (Lipinski definition) is 2. The molecule has 0 saturated carbocycles. The van der Waals surface area contributed by atoms with E-state index >= 15 is 0 Å². The summed E-state index contributed by atoms with van der Waals surface area (Å²) < 4.78 is 0. The van der Waals surface area contributed by atoms with Crippen molar-refractivity contribution in [2.75, 3.05) is 17.3 Å². The van der Waals surface area contributed by atoms with Crippen molar-refractivity contribution in [1.82, 2.24) is 0 Å². The molecule has 0 saturated heterocycles. The highest BCUT2D eigenvalue weighted by molar-refractivity contribution is 6.07. The van der Waals surface area contributed by atoms with Crippen LogP contribution in [-0.2, 0) is 10.2 Å². The first-order chi connectivity index (χ1) is 7.84. The largest absolute Gasteiger partial charge is 0.383 e. The molecule has 0 aliphatic carbocycles. The number of hydrogen-bond donors (Lipinski definition) is 1. The Bertz CT molecular complexity index is 463. The van der Waals surface area contributed by atoms with E-state index in [1.165, 1.54) is 0 Å². The van der Waals surface area contributed by atoms with E-state index in [0.717, 1.165) is 16.9 Å². The van der Waals surface area contributed by atoms with Crippen molar-refractivity contribution < 1.29 is 4.79 Å². The van der Waals surface area contributed by atoms with E-state index in [0.29, 0.717) is 6.04 Å². The van der Waals surface area contributed by atoms with Crippen molar-refractivity contribution in [2.45, 2.75) is 39.2 Å². The molecule has 17 heavy (non-hydrogen) atoms. The monoisotopic (exact) mass is 232 g/mol. The zero-order valence-corrected chi connectivity index (χ0v) is 11.2. The van der Waals surface area contributed by atoms with Gasteiger partial charge in [0.1, 0.15) is 0 Å². The highest BCUT2D eigenvalue weighted by Crippen LogP contribution is 2.41. The summed E-state index contributed by atoms with van der Waals surface area (Å²) in [5, 5.41) is 3.37. The van der Waals surface area contributed by atoms with Gasteiger partial charge in [-0.1, -0.05) is 0 Å². The average Bonchev–Trinajstić information content (AvgIpc) is 2.40. The standard InChI is InChI=1S/C14H20N2O/c1-9(2)15-10-6-7-12-11(8-10)14(3,4)13(17)16(12)5/h6-9,15H,1-5H3. The highest BCUT2D eigenvalue weighted by atomic mass is 16.2. The third kappa shape index (κ3) is 1.79. The second-order valence-corrected chi connectivity index (χ2v) is 5.52. The molecule has 3 heteroatoms. The lowest BCUT2D eigenvalue weighted by molar-refractivity contribution is -0.121. The number of likely N-dealkylation sites (N-methyl/N-ethyl adjacent to an activating group) is 1. The topological polar surface area (TPSA) is 32.3 Å². The Morgan fingerprint density at radius 3 is 2.53 bits per heavy atom. The van der Waals surface area contributed by atoms with Gasteiger partial charge in [-0.2, -0.15) is 0 Å². The van der Waals surface area contributed by atoms with E-state index in [2.05, 4.69) is 25.2 Å². The fourth-order valence-corrected chi connectivity index (χ4v) is 2.40. The molecule has 1 aromatic rings. The summed E-state index contributed by atoms with van der Waals surface area (Å²) in [4.78, 5) is 13.9. The maximum Gasteiger partial charge on any atom is 0.236 e. The first kappa shape index (κ1) is 12.0. The minimum absolute atomic E-state index is 0.161. The normalized spacial score (nSPS) is 17.5. The Morgan fingerprint density at radius 1 is 1.29 bits per heavy atom. The van der Waals surface area contributed by atoms with Crippen molar-refractivity contribution in [1.29, 1.82) is 0 Å². The molecule has 92 valence electrons. The number of nitrogens with zero attached hydrogens (tertiary/aromatic N) is 1. The maximum absolute atomic E-state index is 12.1. The summed E-state index contributed by atoms with van der Waals surface area (Å²) in [5.41, 5.74) is 2.79. The van der Waals surface area contributed by atoms with Gasteiger partial charge in [-0.15, -0.1) is 0 Å². The molecule has 0 atom stereocenters. The summed E-state index contributed by atoms with van der Waals surface area (Å²) in [7, 11) is 1.84. The average molecular weight is 232 g/mol. The second kappa shape index (κ2) is 3.76. The molecule has 1 aliphatic rings. The van der Waals surface area contributed by atoms with Gasteiger partial charge in [0, 0.05) is 24.5 Å². The molecule has 0 radical (unpaired) electrons. The predicted octanol–water partition coefficient (Wildman–Crippen LogP) is 2.76. The van der Waals surface area contributed by atoms with Crippen LogP contribution in [0.25, 0.3) is 0 Å². The molecule has 1 amide bonds. The van der Waals surface area contributed by atoms with Crippen molar-refractivity contribution >= 4 is 17.3 Å². The number of rotatable bonds is 2. The van der Waals surface area contributed by atoms with E-state index in [-0.39, 0.29) is 5.91 Å². The van der Waals surface area contributed by atoms with Gasteiger partial charge in [-0.3, -0.25) is 4.79 Å². The Morgan fingerprint density at radius 2 is 1.94 bits per heavy atom. The number of amides is 1. The van der Waals surface area contributed by atoms with Gasteiger partial charge in [-0.25, -0.2) is 0 Å². The van der Waals surface area contributed by atoms with Gasteiger partial charge < -0.3 is 10.2 Å². The van der Waals surface area contributed by atoms with Crippen molar-refractivity contribution in [3.63, 3.8) is 0 Å². The third-order valence-electron chi connectivity index (χ3n) is 3.33. The van der Waals surface area contributed by atoms with E-state index in [4.69, 9.17) is 0 Å². The molecular formula is C14H20N2O. The molecule has 1 aliphatic heterocycles. The minimum atomic E-state index is -0.418. The fourth-order valence-electron chi connectivity index (χ4n) is 2.40. The number of nitrogens with one attached hydrogen (secondary N) is 1. The van der Waals surface area contributed by atoms with E-state index in [1.807, 2.05) is 33.0 Å². The SMILES string of the molecule is CC(C)Nc1ccc2c(c1)C(C)(C)C(=O)N2C. The van der Waals surface area contributed by atoms with Crippen LogP contribution < -0.4 is 10.2 Å². The van der Waals surface area contributed by atoms with Gasteiger partial charge in [0.15, 0.2) is 0 Å². The highest BCUT2D eigenvalue weighted by Gasteiger charge is 2.42. The molecule has 0 spiro atoms. The van der Waals surface area contributed by atoms with Gasteiger partial charge in [0.25, 0.3) is 0 Å². The number of carbonyl (C=O) groups excluding carboxylic acids is 1. The number of fused-ring (bicyclic) bond motifs is 1. The molecule has 2 rings (SSSR count). The second-order valence-electron chi connectivity index (χ2n) is 5.52. The van der Waals surface area contributed by atoms with Crippen LogP contribution in [0.2, 0.25) is 0 Å². The summed E-state index contributed by atoms with van der Waals surface area (Å²) in [6, 6.07) is 6.54. The molecule has 1 N–H and O–H groups in total. The van der Waals surface area contributed by atoms with Crippen LogP contribution in [0.5, 0.6) is 0 Å². The third-order valence-corrected chi connectivity index (χ3v) is 3.33. The quantitative estimate of drug-likeness (QED) is 0.850. The lowest BCUT2D eigenvalue weighted by atomic mass is 9.86. The summed E-state index contributed by atoms with van der Waals surface area (Å²) >= 11 is 0.